The summed E-state index contributed by atoms with van der Waals surface area (Å²) >= 11 is 0. The van der Waals surface area contributed by atoms with Crippen molar-refractivity contribution in [1.82, 2.24) is 5.32 Å². The van der Waals surface area contributed by atoms with Crippen molar-refractivity contribution in [2.75, 3.05) is 6.54 Å². The van der Waals surface area contributed by atoms with E-state index in [1.165, 1.54) is 5.56 Å². The van der Waals surface area contributed by atoms with Crippen molar-refractivity contribution < 1.29 is 9.90 Å². The average molecular weight is 247 g/mol. The fraction of sp³-hybridized carbons (Fsp3) is 0.533. The van der Waals surface area contributed by atoms with E-state index in [2.05, 4.69) is 17.4 Å². The third-order valence-corrected chi connectivity index (χ3v) is 3.62. The minimum absolute atomic E-state index is 0.187. The highest BCUT2D eigenvalue weighted by Gasteiger charge is 2.38. The first kappa shape index (κ1) is 13.1. The Kier molecular flexibility index (Phi) is 4.37. The number of benzene rings is 1. The summed E-state index contributed by atoms with van der Waals surface area (Å²) in [6.07, 6.45) is 4.99. The van der Waals surface area contributed by atoms with Crippen LogP contribution in [0, 0.1) is 0 Å². The zero-order valence-electron chi connectivity index (χ0n) is 10.7. The molecule has 3 nitrogen and oxygen atoms in total. The van der Waals surface area contributed by atoms with E-state index in [9.17, 15) is 9.90 Å². The molecule has 1 aromatic carbocycles. The molecule has 0 radical (unpaired) electrons. The summed E-state index contributed by atoms with van der Waals surface area (Å²) in [7, 11) is 0. The number of carbonyl (C=O) groups excluding carboxylic acids is 1. The minimum atomic E-state index is -1.09. The standard InChI is InChI=1S/C15H21NO2/c17-14(15(18)10-4-5-11-15)16-12-6-9-13-7-2-1-3-8-13/h1-3,7-8,18H,4-6,9-12H2,(H,16,17). The average Bonchev–Trinajstić information content (AvgIpc) is 2.84. The van der Waals surface area contributed by atoms with Crippen LogP contribution in [0.15, 0.2) is 30.3 Å². The molecule has 1 aromatic rings. The van der Waals surface area contributed by atoms with Gasteiger partial charge in [-0.3, -0.25) is 4.79 Å². The smallest absolute Gasteiger partial charge is 0.251 e. The van der Waals surface area contributed by atoms with Crippen molar-refractivity contribution in [1.29, 1.82) is 0 Å². The summed E-state index contributed by atoms with van der Waals surface area (Å²) in [4.78, 5) is 11.8. The Morgan fingerprint density at radius 3 is 2.56 bits per heavy atom. The topological polar surface area (TPSA) is 49.3 Å². The molecule has 1 amide bonds. The molecule has 0 heterocycles. The van der Waals surface area contributed by atoms with Crippen LogP contribution in [0.3, 0.4) is 0 Å². The van der Waals surface area contributed by atoms with Crippen LogP contribution in [0.1, 0.15) is 37.7 Å². The lowest BCUT2D eigenvalue weighted by molar-refractivity contribution is -0.139. The number of hydrogen-bond acceptors (Lipinski definition) is 2. The molecule has 1 aliphatic carbocycles. The zero-order chi connectivity index (χ0) is 12.8. The van der Waals surface area contributed by atoms with Gasteiger partial charge in [0.15, 0.2) is 0 Å². The summed E-state index contributed by atoms with van der Waals surface area (Å²) in [6.45, 7) is 0.635. The van der Waals surface area contributed by atoms with Crippen molar-refractivity contribution in [3.63, 3.8) is 0 Å². The Hall–Kier alpha value is -1.35. The van der Waals surface area contributed by atoms with E-state index in [-0.39, 0.29) is 5.91 Å². The highest BCUT2D eigenvalue weighted by atomic mass is 16.3. The molecule has 1 fully saturated rings. The van der Waals surface area contributed by atoms with Crippen molar-refractivity contribution in [3.05, 3.63) is 35.9 Å². The summed E-state index contributed by atoms with van der Waals surface area (Å²) in [5.41, 5.74) is 0.193. The lowest BCUT2D eigenvalue weighted by Crippen LogP contribution is -2.45. The van der Waals surface area contributed by atoms with Crippen molar-refractivity contribution in [2.24, 2.45) is 0 Å². The Bertz CT molecular complexity index is 383. The highest BCUT2D eigenvalue weighted by molar-refractivity contribution is 5.85. The molecular formula is C15H21NO2. The zero-order valence-corrected chi connectivity index (χ0v) is 10.7. The van der Waals surface area contributed by atoms with E-state index in [1.54, 1.807) is 0 Å². The third kappa shape index (κ3) is 3.33. The molecule has 3 heteroatoms. The summed E-state index contributed by atoms with van der Waals surface area (Å²) in [5.74, 6) is -0.187. The fourth-order valence-corrected chi connectivity index (χ4v) is 2.49. The maximum atomic E-state index is 11.8. The van der Waals surface area contributed by atoms with Crippen LogP contribution < -0.4 is 5.32 Å². The van der Waals surface area contributed by atoms with Crippen LogP contribution in [-0.2, 0) is 11.2 Å². The van der Waals surface area contributed by atoms with Crippen molar-refractivity contribution in [2.45, 2.75) is 44.1 Å². The Morgan fingerprint density at radius 2 is 1.89 bits per heavy atom. The molecular weight excluding hydrogens is 226 g/mol. The van der Waals surface area contributed by atoms with Gasteiger partial charge in [-0.2, -0.15) is 0 Å². The molecule has 98 valence electrons. The minimum Gasteiger partial charge on any atom is -0.380 e. The van der Waals surface area contributed by atoms with Crippen molar-refractivity contribution >= 4 is 5.91 Å². The first-order valence-corrected chi connectivity index (χ1v) is 6.75. The third-order valence-electron chi connectivity index (χ3n) is 3.62. The molecule has 0 aliphatic heterocycles. The molecule has 1 aliphatic rings. The predicted molar refractivity (Wildman–Crippen MR) is 71.2 cm³/mol. The molecule has 0 spiro atoms. The van der Waals surface area contributed by atoms with Crippen LogP contribution in [0.2, 0.25) is 0 Å². The van der Waals surface area contributed by atoms with Crippen LogP contribution in [-0.4, -0.2) is 23.2 Å². The first-order valence-electron chi connectivity index (χ1n) is 6.75. The Balaban J connectivity index is 1.68. The number of aryl methyl sites for hydroxylation is 1. The van der Waals surface area contributed by atoms with E-state index < -0.39 is 5.60 Å². The van der Waals surface area contributed by atoms with Gasteiger partial charge in [-0.05, 0) is 44.1 Å². The molecule has 18 heavy (non-hydrogen) atoms. The van der Waals surface area contributed by atoms with Gasteiger partial charge in [0.05, 0.1) is 0 Å². The van der Waals surface area contributed by atoms with Gasteiger partial charge < -0.3 is 10.4 Å². The molecule has 2 N–H and O–H groups in total. The Labute approximate surface area is 108 Å². The summed E-state index contributed by atoms with van der Waals surface area (Å²) < 4.78 is 0. The van der Waals surface area contributed by atoms with Crippen LogP contribution in [0.5, 0.6) is 0 Å². The second-order valence-electron chi connectivity index (χ2n) is 5.08. The number of rotatable bonds is 5. The lowest BCUT2D eigenvalue weighted by Gasteiger charge is -2.20. The number of aliphatic hydroxyl groups is 1. The maximum Gasteiger partial charge on any atom is 0.251 e. The second kappa shape index (κ2) is 6.01. The van der Waals surface area contributed by atoms with Gasteiger partial charge in [-0.1, -0.05) is 30.3 Å². The van der Waals surface area contributed by atoms with E-state index in [0.717, 1.165) is 25.7 Å². The number of nitrogens with one attached hydrogen (secondary N) is 1. The van der Waals surface area contributed by atoms with Crippen LogP contribution in [0.25, 0.3) is 0 Å². The van der Waals surface area contributed by atoms with E-state index >= 15 is 0 Å². The quantitative estimate of drug-likeness (QED) is 0.782. The van der Waals surface area contributed by atoms with Gasteiger partial charge in [-0.15, -0.1) is 0 Å². The van der Waals surface area contributed by atoms with Gasteiger partial charge >= 0.3 is 0 Å². The molecule has 0 atom stereocenters. The molecule has 1 saturated carbocycles. The molecule has 0 unspecified atom stereocenters. The van der Waals surface area contributed by atoms with Gasteiger partial charge in [0.25, 0.3) is 5.91 Å². The number of carbonyl (C=O) groups is 1. The van der Waals surface area contributed by atoms with E-state index in [4.69, 9.17) is 0 Å². The fourth-order valence-electron chi connectivity index (χ4n) is 2.49. The lowest BCUT2D eigenvalue weighted by atomic mass is 10.0. The van der Waals surface area contributed by atoms with Gasteiger partial charge in [-0.25, -0.2) is 0 Å². The SMILES string of the molecule is O=C(NCCCc1ccccc1)C1(O)CCCC1. The maximum absolute atomic E-state index is 11.8. The summed E-state index contributed by atoms with van der Waals surface area (Å²) in [5, 5.41) is 12.9. The molecule has 0 bridgehead atoms. The monoisotopic (exact) mass is 247 g/mol. The number of amides is 1. The number of hydrogen-bond donors (Lipinski definition) is 2. The normalized spacial score (nSPS) is 17.6. The largest absolute Gasteiger partial charge is 0.380 e. The van der Waals surface area contributed by atoms with Crippen LogP contribution >= 0.6 is 0 Å². The van der Waals surface area contributed by atoms with Gasteiger partial charge in [0.2, 0.25) is 0 Å². The second-order valence-corrected chi connectivity index (χ2v) is 5.08. The first-order chi connectivity index (χ1) is 8.71. The van der Waals surface area contributed by atoms with E-state index in [1.807, 2.05) is 18.2 Å². The van der Waals surface area contributed by atoms with Crippen molar-refractivity contribution in [3.8, 4) is 0 Å². The Morgan fingerprint density at radius 1 is 1.22 bits per heavy atom. The molecule has 0 aromatic heterocycles. The van der Waals surface area contributed by atoms with E-state index in [0.29, 0.717) is 19.4 Å². The molecule has 0 saturated heterocycles. The predicted octanol–water partition coefficient (Wildman–Crippen LogP) is 2.04. The van der Waals surface area contributed by atoms with Gasteiger partial charge in [0, 0.05) is 6.54 Å². The van der Waals surface area contributed by atoms with Gasteiger partial charge in [0.1, 0.15) is 5.60 Å². The summed E-state index contributed by atoms with van der Waals surface area (Å²) in [6, 6.07) is 10.2. The van der Waals surface area contributed by atoms with Crippen LogP contribution in [0.4, 0.5) is 0 Å². The highest BCUT2D eigenvalue weighted by Crippen LogP contribution is 2.29. The molecule has 2 rings (SSSR count).